The summed E-state index contributed by atoms with van der Waals surface area (Å²) in [5.41, 5.74) is 6.77. The van der Waals surface area contributed by atoms with Crippen molar-refractivity contribution in [2.24, 2.45) is 5.73 Å². The first-order valence-corrected chi connectivity index (χ1v) is 9.51. The zero-order valence-corrected chi connectivity index (χ0v) is 14.0. The van der Waals surface area contributed by atoms with Gasteiger partial charge in [0.25, 0.3) is 0 Å². The van der Waals surface area contributed by atoms with Crippen LogP contribution in [0, 0.1) is 0 Å². The van der Waals surface area contributed by atoms with Gasteiger partial charge in [-0.2, -0.15) is 0 Å². The maximum Gasteiger partial charge on any atom is 0.150 e. The van der Waals surface area contributed by atoms with Gasteiger partial charge in [-0.15, -0.1) is 0 Å². The van der Waals surface area contributed by atoms with Crippen LogP contribution in [0.1, 0.15) is 44.2 Å². The summed E-state index contributed by atoms with van der Waals surface area (Å²) in [6, 6.07) is 5.42. The molecule has 0 heterocycles. The lowest BCUT2D eigenvalue weighted by Gasteiger charge is -2.29. The van der Waals surface area contributed by atoms with Crippen LogP contribution in [-0.2, 0) is 9.84 Å². The molecule has 3 atom stereocenters. The summed E-state index contributed by atoms with van der Waals surface area (Å²) in [7, 11) is -3.01. The molecule has 0 aliphatic heterocycles. The van der Waals surface area contributed by atoms with Gasteiger partial charge >= 0.3 is 0 Å². The lowest BCUT2D eigenvalue weighted by molar-refractivity contribution is 0.156. The Balaban J connectivity index is 2.08. The molecule has 1 aliphatic rings. The van der Waals surface area contributed by atoms with Crippen LogP contribution in [0.25, 0.3) is 0 Å². The van der Waals surface area contributed by atoms with Crippen molar-refractivity contribution >= 4 is 21.4 Å². The summed E-state index contributed by atoms with van der Waals surface area (Å²) < 4.78 is 29.3. The highest BCUT2D eigenvalue weighted by Crippen LogP contribution is 2.32. The summed E-state index contributed by atoms with van der Waals surface area (Å²) in [6.45, 7) is 1.89. The van der Waals surface area contributed by atoms with Crippen molar-refractivity contribution in [3.63, 3.8) is 0 Å². The lowest BCUT2D eigenvalue weighted by atomic mass is 9.97. The molecule has 0 saturated heterocycles. The van der Waals surface area contributed by atoms with Crippen molar-refractivity contribution in [3.8, 4) is 5.75 Å². The minimum Gasteiger partial charge on any atom is -0.489 e. The fourth-order valence-corrected chi connectivity index (χ4v) is 4.07. The van der Waals surface area contributed by atoms with Crippen LogP contribution < -0.4 is 10.5 Å². The van der Waals surface area contributed by atoms with Crippen LogP contribution >= 0.6 is 11.6 Å². The van der Waals surface area contributed by atoms with Crippen LogP contribution in [0.15, 0.2) is 18.2 Å². The van der Waals surface area contributed by atoms with E-state index in [4.69, 9.17) is 22.1 Å². The third-order valence-corrected chi connectivity index (χ3v) is 5.89. The number of benzene rings is 1. The highest BCUT2D eigenvalue weighted by Gasteiger charge is 2.30. The average Bonchev–Trinajstić information content (AvgIpc) is 2.40. The van der Waals surface area contributed by atoms with Gasteiger partial charge in [0, 0.05) is 18.7 Å². The van der Waals surface area contributed by atoms with Gasteiger partial charge in [-0.25, -0.2) is 8.42 Å². The molecule has 2 N–H and O–H groups in total. The maximum atomic E-state index is 11.7. The number of hydrogen-bond donors (Lipinski definition) is 1. The van der Waals surface area contributed by atoms with Crippen LogP contribution in [-0.4, -0.2) is 26.0 Å². The summed E-state index contributed by atoms with van der Waals surface area (Å²) in [6.07, 6.45) is 4.16. The third kappa shape index (κ3) is 4.34. The fraction of sp³-hybridized carbons (Fsp3) is 0.600. The zero-order chi connectivity index (χ0) is 15.6. The molecular formula is C15H22ClNO3S. The van der Waals surface area contributed by atoms with Crippen LogP contribution in [0.5, 0.6) is 5.75 Å². The Morgan fingerprint density at radius 3 is 2.67 bits per heavy atom. The van der Waals surface area contributed by atoms with Crippen LogP contribution in [0.3, 0.4) is 0 Å². The molecule has 1 aromatic carbocycles. The number of rotatable bonds is 4. The molecule has 0 radical (unpaired) electrons. The minimum atomic E-state index is -3.01. The van der Waals surface area contributed by atoms with Gasteiger partial charge in [-0.05, 0) is 43.9 Å². The second-order valence-corrected chi connectivity index (χ2v) is 8.57. The molecule has 6 heteroatoms. The number of nitrogens with two attached hydrogens (primary N) is 1. The van der Waals surface area contributed by atoms with E-state index in [1.807, 2.05) is 19.1 Å². The van der Waals surface area contributed by atoms with E-state index in [0.29, 0.717) is 17.2 Å². The number of sulfone groups is 1. The smallest absolute Gasteiger partial charge is 0.150 e. The van der Waals surface area contributed by atoms with E-state index < -0.39 is 9.84 Å². The minimum absolute atomic E-state index is 0.0826. The van der Waals surface area contributed by atoms with Gasteiger partial charge in [0.05, 0.1) is 10.3 Å². The highest BCUT2D eigenvalue weighted by atomic mass is 35.5. The van der Waals surface area contributed by atoms with Crippen molar-refractivity contribution < 1.29 is 13.2 Å². The first-order chi connectivity index (χ1) is 9.77. The standard InChI is InChI=1S/C15H22ClNO3S/c1-10(17)11-6-7-15(14(16)8-11)20-12-4-3-5-13(9-12)21(2,18)19/h6-8,10,12-13H,3-5,9,17H2,1-2H3/t10-,12?,13?/m0/s1. The number of halogens is 1. The quantitative estimate of drug-likeness (QED) is 0.920. The third-order valence-electron chi connectivity index (χ3n) is 3.96. The predicted molar refractivity (Wildman–Crippen MR) is 85.6 cm³/mol. The number of ether oxygens (including phenoxy) is 1. The summed E-state index contributed by atoms with van der Waals surface area (Å²) in [4.78, 5) is 0. The molecule has 1 saturated carbocycles. The summed E-state index contributed by atoms with van der Waals surface area (Å²) in [5.74, 6) is 0.597. The molecule has 0 spiro atoms. The molecular weight excluding hydrogens is 310 g/mol. The highest BCUT2D eigenvalue weighted by molar-refractivity contribution is 7.91. The number of hydrogen-bond acceptors (Lipinski definition) is 4. The van der Waals surface area contributed by atoms with E-state index in [9.17, 15) is 8.42 Å². The monoisotopic (exact) mass is 331 g/mol. The Kier molecular flexibility index (Phi) is 5.17. The molecule has 1 aromatic rings. The fourth-order valence-electron chi connectivity index (χ4n) is 2.67. The van der Waals surface area contributed by atoms with Crippen molar-refractivity contribution in [3.05, 3.63) is 28.8 Å². The van der Waals surface area contributed by atoms with Gasteiger partial charge in [0.15, 0.2) is 0 Å². The topological polar surface area (TPSA) is 69.4 Å². The first-order valence-electron chi connectivity index (χ1n) is 7.18. The molecule has 118 valence electrons. The molecule has 2 rings (SSSR count). The van der Waals surface area contributed by atoms with Crippen molar-refractivity contribution in [2.75, 3.05) is 6.26 Å². The second kappa shape index (κ2) is 6.55. The molecule has 4 nitrogen and oxygen atoms in total. The van der Waals surface area contributed by atoms with Gasteiger partial charge < -0.3 is 10.5 Å². The Labute approximate surface area is 131 Å². The van der Waals surface area contributed by atoms with E-state index in [1.54, 1.807) is 6.07 Å². The summed E-state index contributed by atoms with van der Waals surface area (Å²) >= 11 is 6.22. The molecule has 2 unspecified atom stereocenters. The van der Waals surface area contributed by atoms with Gasteiger partial charge in [-0.3, -0.25) is 0 Å². The first kappa shape index (κ1) is 16.6. The molecule has 0 aromatic heterocycles. The SMILES string of the molecule is C[C@H](N)c1ccc(OC2CCCC(S(C)(=O)=O)C2)c(Cl)c1. The van der Waals surface area contributed by atoms with Crippen LogP contribution in [0.4, 0.5) is 0 Å². The predicted octanol–water partition coefficient (Wildman–Crippen LogP) is 3.09. The van der Waals surface area contributed by atoms with E-state index >= 15 is 0 Å². The Morgan fingerprint density at radius 1 is 1.38 bits per heavy atom. The average molecular weight is 332 g/mol. The van der Waals surface area contributed by atoms with Crippen molar-refractivity contribution in [1.82, 2.24) is 0 Å². The summed E-state index contributed by atoms with van der Waals surface area (Å²) in [5, 5.41) is 0.213. The van der Waals surface area contributed by atoms with E-state index in [0.717, 1.165) is 24.8 Å². The van der Waals surface area contributed by atoms with Gasteiger partial charge in [-0.1, -0.05) is 17.7 Å². The van der Waals surface area contributed by atoms with Gasteiger partial charge in [0.2, 0.25) is 0 Å². The van der Waals surface area contributed by atoms with Crippen molar-refractivity contribution in [1.29, 1.82) is 0 Å². The van der Waals surface area contributed by atoms with E-state index in [2.05, 4.69) is 0 Å². The van der Waals surface area contributed by atoms with Crippen LogP contribution in [0.2, 0.25) is 5.02 Å². The second-order valence-electron chi connectivity index (χ2n) is 5.84. The molecule has 1 aliphatic carbocycles. The van der Waals surface area contributed by atoms with Crippen molar-refractivity contribution in [2.45, 2.75) is 50.0 Å². The largest absolute Gasteiger partial charge is 0.489 e. The molecule has 0 bridgehead atoms. The van der Waals surface area contributed by atoms with E-state index in [-0.39, 0.29) is 17.4 Å². The Morgan fingerprint density at radius 2 is 2.10 bits per heavy atom. The normalized spacial score (nSPS) is 24.6. The Hall–Kier alpha value is -0.780. The zero-order valence-electron chi connectivity index (χ0n) is 12.4. The molecule has 1 fully saturated rings. The molecule has 21 heavy (non-hydrogen) atoms. The molecule has 0 amide bonds. The van der Waals surface area contributed by atoms with E-state index in [1.165, 1.54) is 6.26 Å². The van der Waals surface area contributed by atoms with Gasteiger partial charge in [0.1, 0.15) is 21.7 Å². The maximum absolute atomic E-state index is 11.7. The lowest BCUT2D eigenvalue weighted by Crippen LogP contribution is -2.33. The Bertz CT molecular complexity index is 601.